The highest BCUT2D eigenvalue weighted by atomic mass is 32.2. The first-order valence-corrected chi connectivity index (χ1v) is 18.3. The number of pyridine rings is 1. The molecule has 50 heavy (non-hydrogen) atoms. The number of hydrogen-bond acceptors (Lipinski definition) is 8. The number of rotatable bonds is 14. The number of methoxy groups -OCH3 is 1. The molecule has 0 spiro atoms. The minimum Gasteiger partial charge on any atom is -0.497 e. The maximum Gasteiger partial charge on any atom is 0.252 e. The molecule has 6 rings (SSSR count). The lowest BCUT2D eigenvalue weighted by molar-refractivity contribution is -0.147. The molecule has 1 saturated heterocycles. The zero-order valence-electron chi connectivity index (χ0n) is 29.4. The van der Waals surface area contributed by atoms with E-state index in [0.717, 1.165) is 69.0 Å². The van der Waals surface area contributed by atoms with Crippen molar-refractivity contribution >= 4 is 40.1 Å². The Kier molecular flexibility index (Phi) is 13.9. The highest BCUT2D eigenvalue weighted by molar-refractivity contribution is 7.85. The lowest BCUT2D eigenvalue weighted by Gasteiger charge is -2.26. The molecule has 2 saturated carbocycles. The van der Waals surface area contributed by atoms with Crippen molar-refractivity contribution in [3.63, 3.8) is 0 Å². The summed E-state index contributed by atoms with van der Waals surface area (Å²) in [5.41, 5.74) is 1.58. The molecule has 1 aromatic carbocycles. The molecular formula is C36H50N6O7S. The van der Waals surface area contributed by atoms with Gasteiger partial charge in [0.15, 0.2) is 5.43 Å². The zero-order chi connectivity index (χ0) is 36.3. The van der Waals surface area contributed by atoms with Crippen LogP contribution < -0.4 is 20.2 Å². The minimum absolute atomic E-state index is 0.00605. The number of nitrogens with zero attached hydrogens (tertiary/aromatic N) is 3. The normalized spacial score (nSPS) is 18.4. The van der Waals surface area contributed by atoms with E-state index in [0.29, 0.717) is 42.6 Å². The molecule has 2 aliphatic carbocycles. The van der Waals surface area contributed by atoms with Crippen LogP contribution in [0.15, 0.2) is 54.0 Å². The van der Waals surface area contributed by atoms with Crippen LogP contribution in [0, 0.1) is 6.92 Å². The summed E-state index contributed by atoms with van der Waals surface area (Å²) >= 11 is 0. The number of likely N-dealkylation sites (tertiary alicyclic amines) is 1. The summed E-state index contributed by atoms with van der Waals surface area (Å²) in [6.45, 7) is 10.5. The number of carbonyl (C=O) groups is 3. The molecule has 3 N–H and O–H groups in total. The van der Waals surface area contributed by atoms with Gasteiger partial charge < -0.3 is 24.7 Å². The van der Waals surface area contributed by atoms with E-state index < -0.39 is 17.1 Å². The van der Waals surface area contributed by atoms with Crippen molar-refractivity contribution in [2.45, 2.75) is 101 Å². The molecule has 2 unspecified atom stereocenters. The van der Waals surface area contributed by atoms with E-state index in [1.54, 1.807) is 47.9 Å². The Bertz CT molecular complexity index is 1710. The number of unbranched alkanes of at least 4 members (excludes halogenated alkanes) is 2. The third-order valence-electron chi connectivity index (χ3n) is 8.83. The van der Waals surface area contributed by atoms with E-state index in [2.05, 4.69) is 26.7 Å². The van der Waals surface area contributed by atoms with E-state index in [-0.39, 0.29) is 28.0 Å². The van der Waals surface area contributed by atoms with Crippen LogP contribution in [0.3, 0.4) is 0 Å². The van der Waals surface area contributed by atoms with Crippen molar-refractivity contribution in [2.24, 2.45) is 0 Å². The SMILES string of the molecule is C=CCCCCO[C@H](C)C(=O)N1CCCC1C(=O)NC1CC1.CC1(S(=O)NC=O)CC1.COc1ccc2c(=O)cc(-n3ccc(C)n3)[nH]c2c1. The quantitative estimate of drug-likeness (QED) is 0.128. The fourth-order valence-electron chi connectivity index (χ4n) is 5.35. The van der Waals surface area contributed by atoms with Crippen molar-refractivity contribution in [3.05, 3.63) is 65.1 Å². The maximum absolute atomic E-state index is 12.5. The van der Waals surface area contributed by atoms with E-state index >= 15 is 0 Å². The van der Waals surface area contributed by atoms with Gasteiger partial charge in [0.1, 0.15) is 34.7 Å². The van der Waals surface area contributed by atoms with Gasteiger partial charge in [0.2, 0.25) is 12.3 Å². The summed E-state index contributed by atoms with van der Waals surface area (Å²) in [7, 11) is 0.453. The highest BCUT2D eigenvalue weighted by Crippen LogP contribution is 2.39. The first kappa shape index (κ1) is 38.5. The van der Waals surface area contributed by atoms with Crippen LogP contribution in [-0.2, 0) is 30.1 Å². The van der Waals surface area contributed by atoms with Gasteiger partial charge in [0.25, 0.3) is 5.91 Å². The molecule has 1 aliphatic heterocycles. The third-order valence-corrected chi connectivity index (χ3v) is 10.4. The molecule has 272 valence electrons. The molecule has 2 aromatic heterocycles. The highest BCUT2D eigenvalue weighted by Gasteiger charge is 2.44. The van der Waals surface area contributed by atoms with Crippen LogP contribution in [0.5, 0.6) is 5.75 Å². The number of benzene rings is 1. The Morgan fingerprint density at radius 1 is 1.20 bits per heavy atom. The number of H-pyrrole nitrogens is 1. The second-order valence-electron chi connectivity index (χ2n) is 13.1. The Hall–Kier alpha value is -4.30. The van der Waals surface area contributed by atoms with Crippen LogP contribution in [0.4, 0.5) is 0 Å². The fourth-order valence-corrected chi connectivity index (χ4v) is 6.19. The Labute approximate surface area is 295 Å². The number of carbonyl (C=O) groups excluding carboxylic acids is 3. The molecule has 0 bridgehead atoms. The van der Waals surface area contributed by atoms with Crippen molar-refractivity contribution in [2.75, 3.05) is 20.3 Å². The number of fused-ring (bicyclic) bond motifs is 1. The van der Waals surface area contributed by atoms with Gasteiger partial charge in [-0.1, -0.05) is 6.08 Å². The molecular weight excluding hydrogens is 660 g/mol. The summed E-state index contributed by atoms with van der Waals surface area (Å²) in [5, 5.41) is 7.92. The van der Waals surface area contributed by atoms with Gasteiger partial charge in [0.05, 0.1) is 23.1 Å². The molecule has 0 radical (unpaired) electrons. The standard InChI is InChI=1S/C17H28N2O3.C14H13N3O2.C5H9NO2S/c1-3-4-5-6-12-22-13(2)17(21)19-11-7-8-15(19)16(20)18-14-9-10-14;1-9-5-6-17(16-9)14-8-13(18)11-4-3-10(19-2)7-12(11)15-14;1-5(2-3-5)9(8)6-4-7/h3,13-15H,1,4-12H2,2H3,(H,18,20);3-8H,1-2H3,(H,15,18);4H,2-3H2,1H3,(H,6,7)/t13-,15?;;/m1../s1. The number of aromatic nitrogens is 3. The minimum atomic E-state index is -1.14. The average Bonchev–Trinajstić information content (AvgIpc) is 3.97. The Morgan fingerprint density at radius 3 is 2.58 bits per heavy atom. The van der Waals surface area contributed by atoms with E-state index in [1.807, 2.05) is 32.2 Å². The van der Waals surface area contributed by atoms with Gasteiger partial charge in [-0.3, -0.25) is 23.9 Å². The molecule has 3 fully saturated rings. The second kappa shape index (κ2) is 18.1. The van der Waals surface area contributed by atoms with Crippen molar-refractivity contribution in [1.29, 1.82) is 0 Å². The number of aryl methyl sites for hydroxylation is 1. The number of ether oxygens (including phenoxy) is 2. The first-order chi connectivity index (χ1) is 24.0. The average molecular weight is 711 g/mol. The van der Waals surface area contributed by atoms with E-state index in [9.17, 15) is 23.4 Å². The number of aromatic amines is 1. The summed E-state index contributed by atoms with van der Waals surface area (Å²) in [6, 6.07) is 8.79. The Morgan fingerprint density at radius 2 is 1.96 bits per heavy atom. The van der Waals surface area contributed by atoms with E-state index in [1.165, 1.54) is 0 Å². The summed E-state index contributed by atoms with van der Waals surface area (Å²) < 4.78 is 25.5. The van der Waals surface area contributed by atoms with Gasteiger partial charge in [0, 0.05) is 42.9 Å². The molecule has 13 nitrogen and oxygen atoms in total. The molecule has 3 amide bonds. The van der Waals surface area contributed by atoms with Gasteiger partial charge in [-0.2, -0.15) is 5.10 Å². The van der Waals surface area contributed by atoms with Gasteiger partial charge in [-0.15, -0.1) is 6.58 Å². The molecule has 3 heterocycles. The maximum atomic E-state index is 12.5. The van der Waals surface area contributed by atoms with Crippen LogP contribution in [0.1, 0.15) is 77.3 Å². The largest absolute Gasteiger partial charge is 0.497 e. The summed E-state index contributed by atoms with van der Waals surface area (Å²) in [4.78, 5) is 51.5. The van der Waals surface area contributed by atoms with Crippen LogP contribution in [0.2, 0.25) is 0 Å². The first-order valence-electron chi connectivity index (χ1n) is 17.2. The third kappa shape index (κ3) is 10.8. The Balaban J connectivity index is 0.000000182. The number of allylic oxidation sites excluding steroid dienone is 1. The van der Waals surface area contributed by atoms with Crippen LogP contribution in [-0.4, -0.2) is 85.3 Å². The van der Waals surface area contributed by atoms with Gasteiger partial charge in [-0.25, -0.2) is 8.89 Å². The lowest BCUT2D eigenvalue weighted by Crippen LogP contribution is -2.49. The van der Waals surface area contributed by atoms with Crippen molar-refractivity contribution in [3.8, 4) is 11.6 Å². The van der Waals surface area contributed by atoms with E-state index in [4.69, 9.17) is 9.47 Å². The predicted molar refractivity (Wildman–Crippen MR) is 193 cm³/mol. The number of hydrogen-bond donors (Lipinski definition) is 3. The molecule has 3 aliphatic rings. The number of amides is 3. The lowest BCUT2D eigenvalue weighted by atomic mass is 10.2. The topological polar surface area (TPSA) is 165 Å². The van der Waals surface area contributed by atoms with Crippen LogP contribution >= 0.6 is 0 Å². The summed E-state index contributed by atoms with van der Waals surface area (Å²) in [5.74, 6) is 1.29. The predicted octanol–water partition coefficient (Wildman–Crippen LogP) is 4.00. The molecule has 14 heteroatoms. The second-order valence-corrected chi connectivity index (χ2v) is 14.8. The van der Waals surface area contributed by atoms with Crippen LogP contribution in [0.25, 0.3) is 16.7 Å². The molecule has 3 atom stereocenters. The smallest absolute Gasteiger partial charge is 0.252 e. The summed E-state index contributed by atoms with van der Waals surface area (Å²) in [6.07, 6.45) is 12.3. The monoisotopic (exact) mass is 710 g/mol. The fraction of sp³-hybridized carbons (Fsp3) is 0.528. The number of nitrogens with one attached hydrogen (secondary N) is 3. The van der Waals surface area contributed by atoms with Gasteiger partial charge >= 0.3 is 0 Å². The van der Waals surface area contributed by atoms with Crippen molar-refractivity contribution < 1.29 is 28.1 Å². The molecule has 3 aromatic rings. The zero-order valence-corrected chi connectivity index (χ0v) is 30.3. The van der Waals surface area contributed by atoms with Gasteiger partial charge in [-0.05, 0) is 96.8 Å². The van der Waals surface area contributed by atoms with Crippen molar-refractivity contribution in [1.82, 2.24) is 29.7 Å².